The average molecular weight is 389 g/mol. The van der Waals surface area contributed by atoms with Crippen LogP contribution >= 0.6 is 0 Å². The summed E-state index contributed by atoms with van der Waals surface area (Å²) in [6, 6.07) is 5.97. The second kappa shape index (κ2) is 9.12. The fourth-order valence-electron chi connectivity index (χ4n) is 2.61. The first-order valence-corrected chi connectivity index (χ1v) is 8.86. The number of imide groups is 1. The number of esters is 1. The maximum absolute atomic E-state index is 12.1. The summed E-state index contributed by atoms with van der Waals surface area (Å²) in [7, 11) is 1.53. The smallest absolute Gasteiger partial charge is 0.326 e. The lowest BCUT2D eigenvalue weighted by Crippen LogP contribution is -2.33. The van der Waals surface area contributed by atoms with Crippen molar-refractivity contribution in [2.75, 3.05) is 25.5 Å². The largest absolute Gasteiger partial charge is 0.453 e. The number of urea groups is 1. The molecule has 1 fully saturated rings. The molecule has 0 saturated carbocycles. The third-order valence-corrected chi connectivity index (χ3v) is 4.23. The maximum Gasteiger partial charge on any atom is 0.326 e. The van der Waals surface area contributed by atoms with E-state index in [1.54, 1.807) is 24.3 Å². The van der Waals surface area contributed by atoms with Crippen molar-refractivity contribution in [3.05, 3.63) is 29.8 Å². The molecule has 1 aliphatic rings. The molecule has 0 radical (unpaired) electrons. The summed E-state index contributed by atoms with van der Waals surface area (Å²) < 4.78 is 5.08. The van der Waals surface area contributed by atoms with E-state index in [1.165, 1.54) is 25.8 Å². The third kappa shape index (κ3) is 5.38. The van der Waals surface area contributed by atoms with Gasteiger partial charge in [-0.25, -0.2) is 4.79 Å². The van der Waals surface area contributed by atoms with Crippen molar-refractivity contribution < 1.29 is 28.7 Å². The summed E-state index contributed by atoms with van der Waals surface area (Å²) in [5.41, 5.74) is 1.01. The summed E-state index contributed by atoms with van der Waals surface area (Å²) in [6.45, 7) is 3.05. The lowest BCUT2D eigenvalue weighted by molar-refractivity contribution is -0.153. The fourth-order valence-corrected chi connectivity index (χ4v) is 2.61. The van der Waals surface area contributed by atoms with Crippen LogP contribution in [0.5, 0.6) is 0 Å². The molecule has 28 heavy (non-hydrogen) atoms. The molecule has 4 amide bonds. The number of benzene rings is 1. The molecule has 0 aromatic heterocycles. The van der Waals surface area contributed by atoms with Crippen molar-refractivity contribution in [2.45, 2.75) is 32.8 Å². The summed E-state index contributed by atoms with van der Waals surface area (Å²) in [5.74, 6) is -1.48. The molecule has 0 unspecified atom stereocenters. The number of nitrogens with one attached hydrogen (secondary N) is 1. The Bertz CT molecular complexity index is 789. The lowest BCUT2D eigenvalue weighted by atomic mass is 10.1. The van der Waals surface area contributed by atoms with E-state index in [4.69, 9.17) is 4.74 Å². The van der Waals surface area contributed by atoms with Gasteiger partial charge in [-0.3, -0.25) is 24.1 Å². The van der Waals surface area contributed by atoms with Crippen LogP contribution in [0.2, 0.25) is 0 Å². The summed E-state index contributed by atoms with van der Waals surface area (Å²) in [4.78, 5) is 61.0. The molecule has 1 saturated heterocycles. The summed E-state index contributed by atoms with van der Waals surface area (Å²) in [6.07, 6.45) is -0.780. The van der Waals surface area contributed by atoms with Crippen molar-refractivity contribution in [2.24, 2.45) is 0 Å². The van der Waals surface area contributed by atoms with Crippen LogP contribution in [0, 0.1) is 0 Å². The predicted octanol–water partition coefficient (Wildman–Crippen LogP) is 1.43. The number of carbonyl (C=O) groups excluding carboxylic acids is 5. The SMILES string of the molecule is CC(=O)c1ccc(NC(=O)[C@H](C)OC(=O)CCCN2C(=O)CN(C)C2=O)cc1. The van der Waals surface area contributed by atoms with Gasteiger partial charge in [-0.2, -0.15) is 0 Å². The normalized spacial score (nSPS) is 14.8. The molecular weight excluding hydrogens is 366 g/mol. The zero-order chi connectivity index (χ0) is 20.8. The fraction of sp³-hybridized carbons (Fsp3) is 0.421. The van der Waals surface area contributed by atoms with E-state index >= 15 is 0 Å². The van der Waals surface area contributed by atoms with E-state index in [1.807, 2.05) is 0 Å². The number of likely N-dealkylation sites (N-methyl/N-ethyl adjacent to an activating group) is 1. The van der Waals surface area contributed by atoms with Gasteiger partial charge in [0.1, 0.15) is 6.54 Å². The van der Waals surface area contributed by atoms with Gasteiger partial charge < -0.3 is 15.0 Å². The molecule has 1 heterocycles. The van der Waals surface area contributed by atoms with Gasteiger partial charge in [0.25, 0.3) is 5.91 Å². The van der Waals surface area contributed by atoms with Gasteiger partial charge in [0.15, 0.2) is 11.9 Å². The van der Waals surface area contributed by atoms with Gasteiger partial charge in [0.05, 0.1) is 0 Å². The molecule has 0 aliphatic carbocycles. The number of amides is 4. The van der Waals surface area contributed by atoms with Crippen molar-refractivity contribution in [3.8, 4) is 0 Å². The molecule has 1 N–H and O–H groups in total. The topological polar surface area (TPSA) is 113 Å². The van der Waals surface area contributed by atoms with E-state index in [0.717, 1.165) is 4.90 Å². The second-order valence-electron chi connectivity index (χ2n) is 6.54. The molecule has 2 rings (SSSR count). The van der Waals surface area contributed by atoms with Crippen LogP contribution in [0.15, 0.2) is 24.3 Å². The molecule has 1 atom stereocenters. The number of rotatable bonds is 8. The van der Waals surface area contributed by atoms with Gasteiger partial charge in [0.2, 0.25) is 5.91 Å². The molecule has 1 aromatic rings. The highest BCUT2D eigenvalue weighted by molar-refractivity contribution is 6.01. The number of Topliss-reactive ketones (excluding diaryl/α,β-unsaturated/α-hetero) is 1. The predicted molar refractivity (Wildman–Crippen MR) is 99.6 cm³/mol. The van der Waals surface area contributed by atoms with Crippen molar-refractivity contribution in [1.82, 2.24) is 9.80 Å². The van der Waals surface area contributed by atoms with Crippen molar-refractivity contribution >= 4 is 35.3 Å². The molecule has 150 valence electrons. The van der Waals surface area contributed by atoms with Gasteiger partial charge >= 0.3 is 12.0 Å². The van der Waals surface area contributed by atoms with E-state index < -0.39 is 18.0 Å². The molecule has 1 aromatic carbocycles. The number of nitrogens with zero attached hydrogens (tertiary/aromatic N) is 2. The summed E-state index contributed by atoms with van der Waals surface area (Å²) >= 11 is 0. The van der Waals surface area contributed by atoms with Crippen LogP contribution in [-0.4, -0.2) is 65.6 Å². The van der Waals surface area contributed by atoms with Gasteiger partial charge in [-0.05, 0) is 44.5 Å². The minimum absolute atomic E-state index is 0.0221. The molecule has 0 spiro atoms. The van der Waals surface area contributed by atoms with Crippen molar-refractivity contribution in [3.63, 3.8) is 0 Å². The molecular formula is C19H23N3O6. The highest BCUT2D eigenvalue weighted by Crippen LogP contribution is 2.12. The Kier molecular flexibility index (Phi) is 6.86. The standard InChI is InChI=1S/C19H23N3O6/c1-12(23)14-6-8-15(9-7-14)20-18(26)13(2)28-17(25)5-4-10-22-16(24)11-21(3)19(22)27/h6-9,13H,4-5,10-11H2,1-3H3,(H,20,26)/t13-/m0/s1. The van der Waals surface area contributed by atoms with Gasteiger partial charge in [0, 0.05) is 31.3 Å². The Labute approximate surface area is 162 Å². The minimum atomic E-state index is -1.01. The van der Waals surface area contributed by atoms with Crippen LogP contribution in [0.3, 0.4) is 0 Å². The van der Waals surface area contributed by atoms with E-state index in [9.17, 15) is 24.0 Å². The quantitative estimate of drug-likeness (QED) is 0.409. The second-order valence-corrected chi connectivity index (χ2v) is 6.54. The zero-order valence-electron chi connectivity index (χ0n) is 16.1. The maximum atomic E-state index is 12.1. The Morgan fingerprint density at radius 2 is 1.82 bits per heavy atom. The molecule has 9 nitrogen and oxygen atoms in total. The van der Waals surface area contributed by atoms with Crippen LogP contribution in [-0.2, 0) is 19.1 Å². The Morgan fingerprint density at radius 3 is 2.36 bits per heavy atom. The van der Waals surface area contributed by atoms with Crippen LogP contribution in [0.1, 0.15) is 37.0 Å². The van der Waals surface area contributed by atoms with Crippen LogP contribution in [0.4, 0.5) is 10.5 Å². The summed E-state index contributed by atoms with van der Waals surface area (Å²) in [5, 5.41) is 2.60. The number of anilines is 1. The van der Waals surface area contributed by atoms with Gasteiger partial charge in [-0.1, -0.05) is 0 Å². The Hall–Kier alpha value is -3.23. The van der Waals surface area contributed by atoms with E-state index in [2.05, 4.69) is 5.32 Å². The lowest BCUT2D eigenvalue weighted by Gasteiger charge is -2.15. The monoisotopic (exact) mass is 389 g/mol. The van der Waals surface area contributed by atoms with E-state index in [0.29, 0.717) is 11.3 Å². The highest BCUT2D eigenvalue weighted by atomic mass is 16.5. The first-order chi connectivity index (χ1) is 13.2. The number of ketones is 1. The van der Waals surface area contributed by atoms with Gasteiger partial charge in [-0.15, -0.1) is 0 Å². The first-order valence-electron chi connectivity index (χ1n) is 8.86. The Balaban J connectivity index is 1.75. The van der Waals surface area contributed by atoms with Crippen LogP contribution < -0.4 is 5.32 Å². The zero-order valence-corrected chi connectivity index (χ0v) is 16.1. The highest BCUT2D eigenvalue weighted by Gasteiger charge is 2.33. The first kappa shape index (κ1) is 21.1. The van der Waals surface area contributed by atoms with Crippen LogP contribution in [0.25, 0.3) is 0 Å². The number of carbonyl (C=O) groups is 5. The number of hydrogen-bond donors (Lipinski definition) is 1. The van der Waals surface area contributed by atoms with Crippen molar-refractivity contribution in [1.29, 1.82) is 0 Å². The molecule has 1 aliphatic heterocycles. The average Bonchev–Trinajstić information content (AvgIpc) is 2.88. The third-order valence-electron chi connectivity index (χ3n) is 4.23. The molecule has 0 bridgehead atoms. The molecule has 9 heteroatoms. The Morgan fingerprint density at radius 1 is 1.18 bits per heavy atom. The number of ether oxygens (including phenoxy) is 1. The van der Waals surface area contributed by atoms with E-state index in [-0.39, 0.29) is 43.7 Å². The minimum Gasteiger partial charge on any atom is -0.453 e. The number of hydrogen-bond acceptors (Lipinski definition) is 6.